The van der Waals surface area contributed by atoms with Crippen molar-refractivity contribution in [3.63, 3.8) is 0 Å². The Hall–Kier alpha value is -1.13. The molecule has 0 aromatic heterocycles. The molecule has 19 heavy (non-hydrogen) atoms. The van der Waals surface area contributed by atoms with Gasteiger partial charge in [0.15, 0.2) is 5.67 Å². The van der Waals surface area contributed by atoms with Gasteiger partial charge in [-0.05, 0) is 44.4 Å². The summed E-state index contributed by atoms with van der Waals surface area (Å²) >= 11 is 0. The molecule has 0 fully saturated rings. The van der Waals surface area contributed by atoms with E-state index in [1.165, 1.54) is 7.11 Å². The number of nitrogens with two attached hydrogens (primary N) is 1. The average molecular weight is 269 g/mol. The smallest absolute Gasteiger partial charge is 0.162 e. The monoisotopic (exact) mass is 269 g/mol. The molecule has 0 bridgehead atoms. The summed E-state index contributed by atoms with van der Waals surface area (Å²) in [7, 11) is 3.08. The first-order valence-corrected chi connectivity index (χ1v) is 6.52. The Kier molecular flexibility index (Phi) is 5.76. The number of aryl methyl sites for hydroxylation is 1. The second kappa shape index (κ2) is 6.87. The van der Waals surface area contributed by atoms with Crippen molar-refractivity contribution >= 4 is 0 Å². The molecule has 0 saturated carbocycles. The van der Waals surface area contributed by atoms with Gasteiger partial charge in [0.25, 0.3) is 0 Å². The fraction of sp³-hybridized carbons (Fsp3) is 0.600. The van der Waals surface area contributed by atoms with Crippen LogP contribution in [0.25, 0.3) is 0 Å². The first kappa shape index (κ1) is 15.9. The van der Waals surface area contributed by atoms with Crippen molar-refractivity contribution in [1.29, 1.82) is 0 Å². The summed E-state index contributed by atoms with van der Waals surface area (Å²) in [6, 6.07) is 3.70. The van der Waals surface area contributed by atoms with Crippen LogP contribution in [0.4, 0.5) is 4.39 Å². The Morgan fingerprint density at radius 3 is 2.47 bits per heavy atom. The highest BCUT2D eigenvalue weighted by Gasteiger charge is 2.35. The third-order valence-corrected chi connectivity index (χ3v) is 3.51. The molecule has 0 saturated heterocycles. The van der Waals surface area contributed by atoms with Crippen molar-refractivity contribution in [2.75, 3.05) is 27.4 Å². The van der Waals surface area contributed by atoms with Gasteiger partial charge in [0.05, 0.1) is 13.7 Å². The van der Waals surface area contributed by atoms with E-state index in [0.717, 1.165) is 11.1 Å². The average Bonchev–Trinajstić information content (AvgIpc) is 2.39. The van der Waals surface area contributed by atoms with Gasteiger partial charge in [-0.1, -0.05) is 12.1 Å². The Morgan fingerprint density at radius 1 is 1.26 bits per heavy atom. The molecule has 108 valence electrons. The molecule has 0 spiro atoms. The number of hydrogen-bond acceptors (Lipinski definition) is 3. The Labute approximate surface area is 114 Å². The lowest BCUT2D eigenvalue weighted by molar-refractivity contribution is 0.0285. The van der Waals surface area contributed by atoms with Crippen LogP contribution in [-0.4, -0.2) is 27.4 Å². The maximum Gasteiger partial charge on any atom is 0.162 e. The first-order chi connectivity index (χ1) is 9.00. The van der Waals surface area contributed by atoms with Crippen LogP contribution in [0.15, 0.2) is 12.1 Å². The third-order valence-electron chi connectivity index (χ3n) is 3.51. The summed E-state index contributed by atoms with van der Waals surface area (Å²) in [5.74, 6) is 0.608. The van der Waals surface area contributed by atoms with E-state index in [9.17, 15) is 0 Å². The molecule has 4 heteroatoms. The number of rotatable bonds is 7. The highest BCUT2D eigenvalue weighted by molar-refractivity contribution is 5.48. The summed E-state index contributed by atoms with van der Waals surface area (Å²) in [5, 5.41) is 0. The van der Waals surface area contributed by atoms with Crippen LogP contribution in [0.1, 0.15) is 29.5 Å². The third kappa shape index (κ3) is 3.45. The zero-order valence-electron chi connectivity index (χ0n) is 12.3. The maximum absolute atomic E-state index is 15.2. The zero-order valence-corrected chi connectivity index (χ0v) is 12.3. The minimum Gasteiger partial charge on any atom is -0.496 e. The molecule has 1 aromatic rings. The van der Waals surface area contributed by atoms with E-state index in [2.05, 4.69) is 0 Å². The molecule has 0 aliphatic rings. The highest BCUT2D eigenvalue weighted by atomic mass is 19.1. The molecule has 1 rings (SSSR count). The number of ether oxygens (including phenoxy) is 2. The van der Waals surface area contributed by atoms with Gasteiger partial charge in [-0.25, -0.2) is 4.39 Å². The van der Waals surface area contributed by atoms with Gasteiger partial charge in [-0.15, -0.1) is 0 Å². The molecule has 0 radical (unpaired) electrons. The molecule has 1 unspecified atom stereocenters. The fourth-order valence-corrected chi connectivity index (χ4v) is 2.30. The SMILES string of the molecule is COCC(F)(CCCN)c1ccc(C)c(C)c1OC. The number of hydrogen-bond donors (Lipinski definition) is 1. The quantitative estimate of drug-likeness (QED) is 0.828. The number of halogens is 1. The zero-order chi connectivity index (χ0) is 14.5. The molecule has 2 N–H and O–H groups in total. The minimum absolute atomic E-state index is 0.00581. The van der Waals surface area contributed by atoms with Crippen molar-refractivity contribution in [2.45, 2.75) is 32.4 Å². The Bertz CT molecular complexity index is 423. The van der Waals surface area contributed by atoms with Crippen LogP contribution in [0.5, 0.6) is 5.75 Å². The van der Waals surface area contributed by atoms with Crippen molar-refractivity contribution in [1.82, 2.24) is 0 Å². The van der Waals surface area contributed by atoms with E-state index in [4.69, 9.17) is 15.2 Å². The van der Waals surface area contributed by atoms with E-state index in [0.29, 0.717) is 30.7 Å². The van der Waals surface area contributed by atoms with Gasteiger partial charge in [-0.2, -0.15) is 0 Å². The highest BCUT2D eigenvalue weighted by Crippen LogP contribution is 2.40. The second-order valence-electron chi connectivity index (χ2n) is 4.88. The normalized spacial score (nSPS) is 14.2. The van der Waals surface area contributed by atoms with Crippen LogP contribution in [0, 0.1) is 13.8 Å². The summed E-state index contributed by atoms with van der Waals surface area (Å²) in [4.78, 5) is 0. The van der Waals surface area contributed by atoms with Gasteiger partial charge in [-0.3, -0.25) is 0 Å². The van der Waals surface area contributed by atoms with E-state index in [1.807, 2.05) is 19.9 Å². The van der Waals surface area contributed by atoms with Crippen molar-refractivity contribution in [2.24, 2.45) is 5.73 Å². The molecule has 3 nitrogen and oxygen atoms in total. The van der Waals surface area contributed by atoms with Gasteiger partial charge in [0.2, 0.25) is 0 Å². The van der Waals surface area contributed by atoms with Crippen molar-refractivity contribution in [3.8, 4) is 5.75 Å². The van der Waals surface area contributed by atoms with Crippen LogP contribution < -0.4 is 10.5 Å². The molecule has 0 aliphatic carbocycles. The summed E-state index contributed by atoms with van der Waals surface area (Å²) < 4.78 is 25.7. The standard InChI is InChI=1S/C15H24FNO2/c1-11-6-7-13(14(19-4)12(11)2)15(16,10-18-3)8-5-9-17/h6-7H,5,8-10,17H2,1-4H3. The van der Waals surface area contributed by atoms with Crippen molar-refractivity contribution in [3.05, 3.63) is 28.8 Å². The molecule has 1 aromatic carbocycles. The van der Waals surface area contributed by atoms with Crippen molar-refractivity contribution < 1.29 is 13.9 Å². The van der Waals surface area contributed by atoms with E-state index in [-0.39, 0.29) is 6.61 Å². The van der Waals surface area contributed by atoms with Gasteiger partial charge in [0.1, 0.15) is 5.75 Å². The molecular weight excluding hydrogens is 245 g/mol. The van der Waals surface area contributed by atoms with E-state index in [1.54, 1.807) is 13.2 Å². The minimum atomic E-state index is -1.56. The molecule has 0 heterocycles. The summed E-state index contributed by atoms with van der Waals surface area (Å²) in [6.45, 7) is 4.39. The predicted octanol–water partition coefficient (Wildman–Crippen LogP) is 2.86. The topological polar surface area (TPSA) is 44.5 Å². The fourth-order valence-electron chi connectivity index (χ4n) is 2.30. The van der Waals surface area contributed by atoms with Crippen LogP contribution in [0.2, 0.25) is 0 Å². The number of methoxy groups -OCH3 is 2. The Balaban J connectivity index is 3.25. The lowest BCUT2D eigenvalue weighted by Crippen LogP contribution is -2.28. The van der Waals surface area contributed by atoms with Gasteiger partial charge < -0.3 is 15.2 Å². The molecular formula is C15H24FNO2. The van der Waals surface area contributed by atoms with Crippen LogP contribution in [-0.2, 0) is 10.4 Å². The van der Waals surface area contributed by atoms with E-state index < -0.39 is 5.67 Å². The lowest BCUT2D eigenvalue weighted by Gasteiger charge is -2.28. The van der Waals surface area contributed by atoms with Crippen LogP contribution >= 0.6 is 0 Å². The maximum atomic E-state index is 15.2. The number of benzene rings is 1. The lowest BCUT2D eigenvalue weighted by atomic mass is 9.88. The summed E-state index contributed by atoms with van der Waals surface area (Å²) in [6.07, 6.45) is 0.937. The number of alkyl halides is 1. The Morgan fingerprint density at radius 2 is 1.95 bits per heavy atom. The van der Waals surface area contributed by atoms with Gasteiger partial charge >= 0.3 is 0 Å². The van der Waals surface area contributed by atoms with Gasteiger partial charge in [0, 0.05) is 12.7 Å². The molecule has 1 atom stereocenters. The summed E-state index contributed by atoms with van der Waals surface area (Å²) in [5.41, 5.74) is 6.53. The molecule has 0 aliphatic heterocycles. The molecule has 0 amide bonds. The second-order valence-corrected chi connectivity index (χ2v) is 4.88. The van der Waals surface area contributed by atoms with Crippen LogP contribution in [0.3, 0.4) is 0 Å². The first-order valence-electron chi connectivity index (χ1n) is 6.52. The largest absolute Gasteiger partial charge is 0.496 e. The predicted molar refractivity (Wildman–Crippen MR) is 75.4 cm³/mol. The van der Waals surface area contributed by atoms with E-state index >= 15 is 4.39 Å².